The molecule has 2 aromatic carbocycles. The predicted molar refractivity (Wildman–Crippen MR) is 92.6 cm³/mol. The van der Waals surface area contributed by atoms with Crippen molar-refractivity contribution in [3.05, 3.63) is 48.5 Å². The van der Waals surface area contributed by atoms with E-state index in [-0.39, 0.29) is 18.4 Å². The highest BCUT2D eigenvalue weighted by atomic mass is 16.5. The van der Waals surface area contributed by atoms with Crippen LogP contribution in [-0.2, 0) is 9.59 Å². The van der Waals surface area contributed by atoms with Crippen molar-refractivity contribution in [1.29, 1.82) is 0 Å². The summed E-state index contributed by atoms with van der Waals surface area (Å²) in [5.41, 5.74) is 1.18. The molecule has 1 N–H and O–H groups in total. The van der Waals surface area contributed by atoms with E-state index in [1.54, 1.807) is 37.4 Å². The number of carbonyl (C=O) groups is 2. The Morgan fingerprint density at radius 3 is 2.33 bits per heavy atom. The second-order valence-electron chi connectivity index (χ2n) is 5.06. The number of rotatable bonds is 6. The highest BCUT2D eigenvalue weighted by molar-refractivity contribution is 6.02. The topological polar surface area (TPSA) is 67.9 Å². The molecule has 0 unspecified atom stereocenters. The molecular weight excluding hydrogens is 308 g/mol. The molecule has 0 spiro atoms. The zero-order valence-corrected chi connectivity index (χ0v) is 13.9. The first kappa shape index (κ1) is 17.3. The van der Waals surface area contributed by atoms with E-state index in [0.29, 0.717) is 22.9 Å². The van der Waals surface area contributed by atoms with Gasteiger partial charge in [0.1, 0.15) is 18.0 Å². The van der Waals surface area contributed by atoms with Crippen LogP contribution in [0.4, 0.5) is 11.4 Å². The molecule has 0 saturated carbocycles. The summed E-state index contributed by atoms with van der Waals surface area (Å²) in [6, 6.07) is 14.1. The standard InChI is InChI=1S/C18H20N2O4/c1-13(21)20(14-7-5-4-6-8-14)12-18(22)19-16-10-9-15(23-2)11-17(16)24-3/h4-11H,12H2,1-3H3,(H,19,22). The molecule has 2 rings (SSSR count). The summed E-state index contributed by atoms with van der Waals surface area (Å²) in [7, 11) is 3.06. The van der Waals surface area contributed by atoms with Gasteiger partial charge in [0.25, 0.3) is 0 Å². The maximum Gasteiger partial charge on any atom is 0.244 e. The van der Waals surface area contributed by atoms with Crippen LogP contribution in [0.15, 0.2) is 48.5 Å². The summed E-state index contributed by atoms with van der Waals surface area (Å²) in [5, 5.41) is 2.75. The lowest BCUT2D eigenvalue weighted by atomic mass is 10.2. The van der Waals surface area contributed by atoms with E-state index < -0.39 is 0 Å². The van der Waals surface area contributed by atoms with E-state index in [2.05, 4.69) is 5.32 Å². The van der Waals surface area contributed by atoms with Gasteiger partial charge in [-0.15, -0.1) is 0 Å². The minimum Gasteiger partial charge on any atom is -0.497 e. The Morgan fingerprint density at radius 2 is 1.75 bits per heavy atom. The van der Waals surface area contributed by atoms with Crippen molar-refractivity contribution in [2.75, 3.05) is 31.0 Å². The van der Waals surface area contributed by atoms with Crippen LogP contribution >= 0.6 is 0 Å². The van der Waals surface area contributed by atoms with E-state index >= 15 is 0 Å². The molecule has 2 aromatic rings. The molecule has 0 aromatic heterocycles. The van der Waals surface area contributed by atoms with E-state index in [9.17, 15) is 9.59 Å². The van der Waals surface area contributed by atoms with Crippen LogP contribution in [0.25, 0.3) is 0 Å². The molecule has 0 heterocycles. The number of anilines is 2. The third-order valence-corrected chi connectivity index (χ3v) is 3.43. The molecule has 6 nitrogen and oxygen atoms in total. The maximum atomic E-state index is 12.3. The first-order chi connectivity index (χ1) is 11.5. The van der Waals surface area contributed by atoms with Crippen LogP contribution in [0, 0.1) is 0 Å². The molecule has 126 valence electrons. The van der Waals surface area contributed by atoms with E-state index in [1.807, 2.05) is 18.2 Å². The number of para-hydroxylation sites is 1. The minimum atomic E-state index is -0.322. The molecule has 0 radical (unpaired) electrons. The Morgan fingerprint density at radius 1 is 1.04 bits per heavy atom. The van der Waals surface area contributed by atoms with Crippen LogP contribution in [-0.4, -0.2) is 32.6 Å². The minimum absolute atomic E-state index is 0.0888. The second-order valence-corrected chi connectivity index (χ2v) is 5.06. The third kappa shape index (κ3) is 4.25. The first-order valence-corrected chi connectivity index (χ1v) is 7.40. The monoisotopic (exact) mass is 328 g/mol. The number of hydrogen-bond acceptors (Lipinski definition) is 4. The number of nitrogens with zero attached hydrogens (tertiary/aromatic N) is 1. The zero-order chi connectivity index (χ0) is 17.5. The molecule has 0 fully saturated rings. The van der Waals surface area contributed by atoms with Gasteiger partial charge in [-0.2, -0.15) is 0 Å². The number of amides is 2. The van der Waals surface area contributed by atoms with Crippen LogP contribution in [0.3, 0.4) is 0 Å². The fourth-order valence-electron chi connectivity index (χ4n) is 2.23. The summed E-state index contributed by atoms with van der Waals surface area (Å²) >= 11 is 0. The average molecular weight is 328 g/mol. The summed E-state index contributed by atoms with van der Waals surface area (Å²) in [6.45, 7) is 1.34. The van der Waals surface area contributed by atoms with Crippen LogP contribution in [0.2, 0.25) is 0 Å². The normalized spacial score (nSPS) is 9.96. The van der Waals surface area contributed by atoms with Gasteiger partial charge < -0.3 is 19.7 Å². The summed E-state index contributed by atoms with van der Waals surface area (Å²) < 4.78 is 10.4. The molecule has 0 aliphatic carbocycles. The number of ether oxygens (including phenoxy) is 2. The quantitative estimate of drug-likeness (QED) is 0.885. The molecule has 2 amide bonds. The maximum absolute atomic E-state index is 12.3. The summed E-state index contributed by atoms with van der Waals surface area (Å²) in [6.07, 6.45) is 0. The Kier molecular flexibility index (Phi) is 5.78. The summed E-state index contributed by atoms with van der Waals surface area (Å²) in [5.74, 6) is 0.576. The van der Waals surface area contributed by atoms with Gasteiger partial charge in [0.05, 0.1) is 19.9 Å². The number of hydrogen-bond donors (Lipinski definition) is 1. The number of nitrogens with one attached hydrogen (secondary N) is 1. The molecule has 0 aliphatic heterocycles. The highest BCUT2D eigenvalue weighted by Gasteiger charge is 2.17. The van der Waals surface area contributed by atoms with Crippen molar-refractivity contribution < 1.29 is 19.1 Å². The van der Waals surface area contributed by atoms with Gasteiger partial charge in [-0.25, -0.2) is 0 Å². The van der Waals surface area contributed by atoms with Crippen molar-refractivity contribution in [1.82, 2.24) is 0 Å². The summed E-state index contributed by atoms with van der Waals surface area (Å²) in [4.78, 5) is 25.6. The largest absolute Gasteiger partial charge is 0.497 e. The van der Waals surface area contributed by atoms with E-state index in [4.69, 9.17) is 9.47 Å². The van der Waals surface area contributed by atoms with Crippen molar-refractivity contribution in [2.24, 2.45) is 0 Å². The lowest BCUT2D eigenvalue weighted by Gasteiger charge is -2.21. The molecular formula is C18H20N2O4. The van der Waals surface area contributed by atoms with Crippen molar-refractivity contribution >= 4 is 23.2 Å². The Bertz CT molecular complexity index is 716. The van der Waals surface area contributed by atoms with Gasteiger partial charge >= 0.3 is 0 Å². The lowest BCUT2D eigenvalue weighted by molar-refractivity contribution is -0.120. The first-order valence-electron chi connectivity index (χ1n) is 7.40. The smallest absolute Gasteiger partial charge is 0.244 e. The molecule has 0 bridgehead atoms. The lowest BCUT2D eigenvalue weighted by Crippen LogP contribution is -2.36. The van der Waals surface area contributed by atoms with Gasteiger partial charge in [0.2, 0.25) is 11.8 Å². The van der Waals surface area contributed by atoms with Gasteiger partial charge in [-0.05, 0) is 24.3 Å². The van der Waals surface area contributed by atoms with Crippen LogP contribution in [0.5, 0.6) is 11.5 Å². The molecule has 24 heavy (non-hydrogen) atoms. The van der Waals surface area contributed by atoms with E-state index in [0.717, 1.165) is 0 Å². The fraction of sp³-hybridized carbons (Fsp3) is 0.222. The Hall–Kier alpha value is -3.02. The van der Waals surface area contributed by atoms with Crippen molar-refractivity contribution in [2.45, 2.75) is 6.92 Å². The number of benzene rings is 2. The van der Waals surface area contributed by atoms with Crippen molar-refractivity contribution in [3.8, 4) is 11.5 Å². The third-order valence-electron chi connectivity index (χ3n) is 3.43. The SMILES string of the molecule is COc1ccc(NC(=O)CN(C(C)=O)c2ccccc2)c(OC)c1. The number of methoxy groups -OCH3 is 2. The predicted octanol–water partition coefficient (Wildman–Crippen LogP) is 2.70. The van der Waals surface area contributed by atoms with Gasteiger partial charge in [-0.1, -0.05) is 18.2 Å². The molecule has 6 heteroatoms. The van der Waals surface area contributed by atoms with Gasteiger partial charge in [0.15, 0.2) is 0 Å². The average Bonchev–Trinajstić information content (AvgIpc) is 2.60. The highest BCUT2D eigenvalue weighted by Crippen LogP contribution is 2.29. The van der Waals surface area contributed by atoms with Gasteiger partial charge in [0, 0.05) is 18.7 Å². The molecule has 0 aliphatic rings. The Labute approximate surface area is 141 Å². The molecule has 0 saturated heterocycles. The molecule has 0 atom stereocenters. The fourth-order valence-corrected chi connectivity index (χ4v) is 2.23. The van der Waals surface area contributed by atoms with Crippen molar-refractivity contribution in [3.63, 3.8) is 0 Å². The van der Waals surface area contributed by atoms with Crippen LogP contribution in [0.1, 0.15) is 6.92 Å². The van der Waals surface area contributed by atoms with Crippen LogP contribution < -0.4 is 19.7 Å². The Balaban J connectivity index is 2.13. The zero-order valence-electron chi connectivity index (χ0n) is 13.9. The number of carbonyl (C=O) groups excluding carboxylic acids is 2. The van der Waals surface area contributed by atoms with E-state index in [1.165, 1.54) is 18.9 Å². The second kappa shape index (κ2) is 8.01. The van der Waals surface area contributed by atoms with Gasteiger partial charge in [-0.3, -0.25) is 9.59 Å².